The van der Waals surface area contributed by atoms with Crippen molar-refractivity contribution in [2.24, 2.45) is 0 Å². The number of rotatable bonds is 4. The van der Waals surface area contributed by atoms with Gasteiger partial charge in [0, 0.05) is 5.56 Å². The Hall–Kier alpha value is -2.35. The van der Waals surface area contributed by atoms with E-state index in [2.05, 4.69) is 32.9 Å². The molecular formula is C20H22O2. The molecule has 2 nitrogen and oxygen atoms in total. The summed E-state index contributed by atoms with van der Waals surface area (Å²) in [7, 11) is 1.61. The number of carbonyl (C=O) groups excluding carboxylic acids is 1. The molecule has 0 radical (unpaired) electrons. The van der Waals surface area contributed by atoms with E-state index in [-0.39, 0.29) is 11.2 Å². The summed E-state index contributed by atoms with van der Waals surface area (Å²) >= 11 is 0. The third kappa shape index (κ3) is 4.08. The minimum Gasteiger partial charge on any atom is -0.497 e. The molecule has 2 aromatic rings. The SMILES string of the molecule is COc1ccc(C(=O)/C=C\c2ccc(C(C)(C)C)cc2)cc1. The summed E-state index contributed by atoms with van der Waals surface area (Å²) in [6.07, 6.45) is 3.45. The van der Waals surface area contributed by atoms with Crippen LogP contribution in [0.25, 0.3) is 6.08 Å². The quantitative estimate of drug-likeness (QED) is 0.593. The second kappa shape index (κ2) is 6.61. The molecule has 0 N–H and O–H groups in total. The van der Waals surface area contributed by atoms with Crippen molar-refractivity contribution in [3.05, 3.63) is 71.3 Å². The van der Waals surface area contributed by atoms with Crippen LogP contribution in [0.1, 0.15) is 42.3 Å². The third-order valence-corrected chi connectivity index (χ3v) is 3.58. The van der Waals surface area contributed by atoms with E-state index in [0.717, 1.165) is 11.3 Å². The molecule has 2 rings (SSSR count). The summed E-state index contributed by atoms with van der Waals surface area (Å²) in [6, 6.07) is 15.4. The van der Waals surface area contributed by atoms with Gasteiger partial charge in [-0.2, -0.15) is 0 Å². The fourth-order valence-corrected chi connectivity index (χ4v) is 2.12. The van der Waals surface area contributed by atoms with Gasteiger partial charge in [0.25, 0.3) is 0 Å². The van der Waals surface area contributed by atoms with Crippen molar-refractivity contribution in [1.29, 1.82) is 0 Å². The maximum absolute atomic E-state index is 12.1. The molecule has 2 aromatic carbocycles. The molecule has 0 spiro atoms. The number of ketones is 1. The molecule has 2 heteroatoms. The van der Waals surface area contributed by atoms with Crippen molar-refractivity contribution in [2.45, 2.75) is 26.2 Å². The van der Waals surface area contributed by atoms with E-state index in [0.29, 0.717) is 5.56 Å². The van der Waals surface area contributed by atoms with Gasteiger partial charge >= 0.3 is 0 Å². The molecule has 0 aromatic heterocycles. The van der Waals surface area contributed by atoms with Crippen molar-refractivity contribution in [2.75, 3.05) is 7.11 Å². The Morgan fingerprint density at radius 2 is 1.55 bits per heavy atom. The van der Waals surface area contributed by atoms with Crippen LogP contribution in [0.4, 0.5) is 0 Å². The van der Waals surface area contributed by atoms with Crippen LogP contribution in [0.3, 0.4) is 0 Å². The number of hydrogen-bond acceptors (Lipinski definition) is 2. The Bertz CT molecular complexity index is 656. The third-order valence-electron chi connectivity index (χ3n) is 3.58. The summed E-state index contributed by atoms with van der Waals surface area (Å²) in [6.45, 7) is 6.56. The number of hydrogen-bond donors (Lipinski definition) is 0. The summed E-state index contributed by atoms with van der Waals surface area (Å²) < 4.78 is 5.09. The summed E-state index contributed by atoms with van der Waals surface area (Å²) in [4.78, 5) is 12.1. The molecule has 0 aliphatic carbocycles. The molecule has 0 aliphatic rings. The van der Waals surface area contributed by atoms with E-state index in [1.54, 1.807) is 37.5 Å². The van der Waals surface area contributed by atoms with Crippen LogP contribution >= 0.6 is 0 Å². The van der Waals surface area contributed by atoms with Gasteiger partial charge in [0.05, 0.1) is 7.11 Å². The largest absolute Gasteiger partial charge is 0.497 e. The van der Waals surface area contributed by atoms with Gasteiger partial charge in [-0.3, -0.25) is 4.79 Å². The summed E-state index contributed by atoms with van der Waals surface area (Å²) in [5.41, 5.74) is 3.10. The van der Waals surface area contributed by atoms with Crippen molar-refractivity contribution in [3.8, 4) is 5.75 Å². The van der Waals surface area contributed by atoms with Crippen LogP contribution in [-0.4, -0.2) is 12.9 Å². The number of benzene rings is 2. The van der Waals surface area contributed by atoms with E-state index in [9.17, 15) is 4.79 Å². The highest BCUT2D eigenvalue weighted by atomic mass is 16.5. The number of methoxy groups -OCH3 is 1. The van der Waals surface area contributed by atoms with E-state index in [4.69, 9.17) is 4.74 Å². The van der Waals surface area contributed by atoms with Crippen LogP contribution in [-0.2, 0) is 5.41 Å². The lowest BCUT2D eigenvalue weighted by atomic mass is 9.87. The highest BCUT2D eigenvalue weighted by molar-refractivity contribution is 6.06. The Morgan fingerprint density at radius 1 is 0.955 bits per heavy atom. The lowest BCUT2D eigenvalue weighted by Gasteiger charge is -2.18. The van der Waals surface area contributed by atoms with Gasteiger partial charge in [0.2, 0.25) is 0 Å². The summed E-state index contributed by atoms with van der Waals surface area (Å²) in [5.74, 6) is 0.737. The Balaban J connectivity index is 2.08. The number of allylic oxidation sites excluding steroid dienone is 1. The molecule has 0 atom stereocenters. The predicted molar refractivity (Wildman–Crippen MR) is 91.5 cm³/mol. The molecule has 0 saturated carbocycles. The van der Waals surface area contributed by atoms with Crippen LogP contribution in [0.15, 0.2) is 54.6 Å². The Morgan fingerprint density at radius 3 is 2.05 bits per heavy atom. The van der Waals surface area contributed by atoms with Crippen molar-refractivity contribution < 1.29 is 9.53 Å². The standard InChI is InChI=1S/C20H22O2/c1-20(2,3)17-10-5-15(6-11-17)7-14-19(21)16-8-12-18(22-4)13-9-16/h5-14H,1-4H3/b14-7-. The van der Waals surface area contributed by atoms with Crippen LogP contribution in [0.2, 0.25) is 0 Å². The zero-order chi connectivity index (χ0) is 16.2. The smallest absolute Gasteiger partial charge is 0.185 e. The lowest BCUT2D eigenvalue weighted by molar-refractivity contribution is 0.104. The van der Waals surface area contributed by atoms with Crippen LogP contribution in [0, 0.1) is 0 Å². The Kier molecular flexibility index (Phi) is 4.81. The second-order valence-electron chi connectivity index (χ2n) is 6.30. The van der Waals surface area contributed by atoms with Gasteiger partial charge < -0.3 is 4.74 Å². The van der Waals surface area contributed by atoms with Gasteiger partial charge in [-0.05, 0) is 46.9 Å². The molecule has 114 valence electrons. The minimum atomic E-state index is -0.0115. The molecule has 0 fully saturated rings. The molecule has 0 amide bonds. The first kappa shape index (κ1) is 16.0. The maximum Gasteiger partial charge on any atom is 0.185 e. The van der Waals surface area contributed by atoms with Crippen molar-refractivity contribution in [3.63, 3.8) is 0 Å². The zero-order valence-corrected chi connectivity index (χ0v) is 13.6. The predicted octanol–water partition coefficient (Wildman–Crippen LogP) is 4.89. The maximum atomic E-state index is 12.1. The first-order chi connectivity index (χ1) is 10.4. The average molecular weight is 294 g/mol. The fourth-order valence-electron chi connectivity index (χ4n) is 2.12. The minimum absolute atomic E-state index is 0.0115. The number of carbonyl (C=O) groups is 1. The summed E-state index contributed by atoms with van der Waals surface area (Å²) in [5, 5.41) is 0. The molecular weight excluding hydrogens is 272 g/mol. The molecule has 0 bridgehead atoms. The lowest BCUT2D eigenvalue weighted by Crippen LogP contribution is -2.10. The number of ether oxygens (including phenoxy) is 1. The highest BCUT2D eigenvalue weighted by Gasteiger charge is 2.12. The monoisotopic (exact) mass is 294 g/mol. The van der Waals surface area contributed by atoms with E-state index in [1.807, 2.05) is 18.2 Å². The Labute approximate surface area is 132 Å². The normalized spacial score (nSPS) is 11.6. The van der Waals surface area contributed by atoms with Gasteiger partial charge in [-0.25, -0.2) is 0 Å². The average Bonchev–Trinajstić information content (AvgIpc) is 2.52. The van der Waals surface area contributed by atoms with Gasteiger partial charge in [0.1, 0.15) is 5.75 Å². The van der Waals surface area contributed by atoms with Crippen LogP contribution in [0.5, 0.6) is 5.75 Å². The van der Waals surface area contributed by atoms with E-state index >= 15 is 0 Å². The van der Waals surface area contributed by atoms with Gasteiger partial charge in [0.15, 0.2) is 5.78 Å². The molecule has 0 heterocycles. The highest BCUT2D eigenvalue weighted by Crippen LogP contribution is 2.22. The van der Waals surface area contributed by atoms with Gasteiger partial charge in [-0.1, -0.05) is 51.1 Å². The van der Waals surface area contributed by atoms with Gasteiger partial charge in [-0.15, -0.1) is 0 Å². The molecule has 0 saturated heterocycles. The first-order valence-electron chi connectivity index (χ1n) is 7.37. The topological polar surface area (TPSA) is 26.3 Å². The molecule has 0 aliphatic heterocycles. The van der Waals surface area contributed by atoms with E-state index in [1.165, 1.54) is 5.56 Å². The van der Waals surface area contributed by atoms with Crippen molar-refractivity contribution >= 4 is 11.9 Å². The zero-order valence-electron chi connectivity index (χ0n) is 13.6. The van der Waals surface area contributed by atoms with Crippen LogP contribution < -0.4 is 4.74 Å². The van der Waals surface area contributed by atoms with Crippen molar-refractivity contribution in [1.82, 2.24) is 0 Å². The molecule has 22 heavy (non-hydrogen) atoms. The second-order valence-corrected chi connectivity index (χ2v) is 6.30. The first-order valence-corrected chi connectivity index (χ1v) is 7.37. The fraction of sp³-hybridized carbons (Fsp3) is 0.250. The molecule has 0 unspecified atom stereocenters. The van der Waals surface area contributed by atoms with E-state index < -0.39 is 0 Å².